The molecule has 1 saturated heterocycles. The second-order valence-corrected chi connectivity index (χ2v) is 5.23. The Balaban J connectivity index is 1.74. The Labute approximate surface area is 118 Å². The van der Waals surface area contributed by atoms with Crippen molar-refractivity contribution in [2.45, 2.75) is 70.5 Å². The van der Waals surface area contributed by atoms with Crippen LogP contribution in [-0.4, -0.2) is 31.2 Å². The fourth-order valence-corrected chi connectivity index (χ4v) is 2.32. The van der Waals surface area contributed by atoms with Crippen LogP contribution in [0.5, 0.6) is 0 Å². The van der Waals surface area contributed by atoms with Gasteiger partial charge < -0.3 is 14.6 Å². The number of unbranched alkanes of at least 4 members (excludes halogenated alkanes) is 6. The second-order valence-electron chi connectivity index (χ2n) is 5.23. The molecule has 3 nitrogen and oxygen atoms in total. The van der Waals surface area contributed by atoms with Crippen LogP contribution in [0.25, 0.3) is 0 Å². The summed E-state index contributed by atoms with van der Waals surface area (Å²) in [6, 6.07) is 0. The highest BCUT2D eigenvalue weighted by Gasteiger charge is 2.13. The van der Waals surface area contributed by atoms with Gasteiger partial charge >= 0.3 is 0 Å². The van der Waals surface area contributed by atoms with Crippen LogP contribution in [-0.2, 0) is 9.47 Å². The molecule has 0 spiro atoms. The summed E-state index contributed by atoms with van der Waals surface area (Å²) in [6.07, 6.45) is 16.1. The molecule has 1 atom stereocenters. The monoisotopic (exact) mass is 270 g/mol. The second kappa shape index (κ2) is 12.6. The molecule has 0 aromatic rings. The highest BCUT2D eigenvalue weighted by Crippen LogP contribution is 2.14. The van der Waals surface area contributed by atoms with Gasteiger partial charge in [-0.25, -0.2) is 0 Å². The molecular weight excluding hydrogens is 240 g/mol. The molecule has 0 aromatic carbocycles. The minimum atomic E-state index is 0.0760. The zero-order valence-corrected chi connectivity index (χ0v) is 12.2. The van der Waals surface area contributed by atoms with Crippen LogP contribution >= 0.6 is 0 Å². The van der Waals surface area contributed by atoms with Crippen LogP contribution in [0.3, 0.4) is 0 Å². The summed E-state index contributed by atoms with van der Waals surface area (Å²) in [5, 5.41) is 8.58. The van der Waals surface area contributed by atoms with Crippen LogP contribution in [0.2, 0.25) is 0 Å². The quantitative estimate of drug-likeness (QED) is 0.458. The highest BCUT2D eigenvalue weighted by atomic mass is 16.7. The van der Waals surface area contributed by atoms with Crippen molar-refractivity contribution in [1.29, 1.82) is 0 Å². The van der Waals surface area contributed by atoms with Crippen molar-refractivity contribution >= 4 is 0 Å². The molecule has 0 aromatic heterocycles. The number of hydrogen-bond acceptors (Lipinski definition) is 3. The lowest BCUT2D eigenvalue weighted by atomic mass is 10.1. The smallest absolute Gasteiger partial charge is 0.157 e. The lowest BCUT2D eigenvalue weighted by Crippen LogP contribution is -2.22. The fraction of sp³-hybridized carbons (Fsp3) is 0.875. The normalized spacial score (nSPS) is 20.2. The molecule has 112 valence electrons. The zero-order chi connectivity index (χ0) is 13.6. The van der Waals surface area contributed by atoms with Gasteiger partial charge in [0, 0.05) is 13.2 Å². The predicted molar refractivity (Wildman–Crippen MR) is 78.1 cm³/mol. The van der Waals surface area contributed by atoms with E-state index in [4.69, 9.17) is 14.6 Å². The Morgan fingerprint density at radius 1 is 1.00 bits per heavy atom. The van der Waals surface area contributed by atoms with E-state index in [2.05, 4.69) is 6.08 Å². The van der Waals surface area contributed by atoms with E-state index in [1.54, 1.807) is 0 Å². The number of aliphatic hydroxyl groups is 1. The van der Waals surface area contributed by atoms with E-state index in [9.17, 15) is 0 Å². The maximum atomic E-state index is 8.58. The summed E-state index contributed by atoms with van der Waals surface area (Å²) in [5.41, 5.74) is 0. The third kappa shape index (κ3) is 10.1. The Morgan fingerprint density at radius 2 is 1.79 bits per heavy atom. The minimum absolute atomic E-state index is 0.0760. The van der Waals surface area contributed by atoms with Crippen LogP contribution in [0.1, 0.15) is 64.2 Å². The van der Waals surface area contributed by atoms with Gasteiger partial charge in [0.25, 0.3) is 0 Å². The predicted octanol–water partition coefficient (Wildman–Crippen LogP) is 3.81. The van der Waals surface area contributed by atoms with Gasteiger partial charge in [0.05, 0.1) is 6.61 Å². The van der Waals surface area contributed by atoms with Crippen molar-refractivity contribution in [3.05, 3.63) is 12.2 Å². The van der Waals surface area contributed by atoms with Gasteiger partial charge in [-0.05, 0) is 38.5 Å². The number of ether oxygens (including phenoxy) is 2. The van der Waals surface area contributed by atoms with Crippen molar-refractivity contribution in [2.24, 2.45) is 0 Å². The number of hydrogen-bond donors (Lipinski definition) is 1. The largest absolute Gasteiger partial charge is 0.392 e. The molecule has 1 unspecified atom stereocenters. The molecule has 1 fully saturated rings. The van der Waals surface area contributed by atoms with E-state index >= 15 is 0 Å². The van der Waals surface area contributed by atoms with Gasteiger partial charge in [0.15, 0.2) is 6.29 Å². The Bertz CT molecular complexity index is 210. The lowest BCUT2D eigenvalue weighted by molar-refractivity contribution is -0.162. The Morgan fingerprint density at radius 3 is 2.53 bits per heavy atom. The van der Waals surface area contributed by atoms with Gasteiger partial charge in [-0.3, -0.25) is 0 Å². The molecule has 0 saturated carbocycles. The third-order valence-electron chi connectivity index (χ3n) is 3.48. The Kier molecular flexibility index (Phi) is 11.1. The first kappa shape index (κ1) is 16.7. The average molecular weight is 270 g/mol. The van der Waals surface area contributed by atoms with Gasteiger partial charge in [-0.2, -0.15) is 0 Å². The number of rotatable bonds is 11. The fourth-order valence-electron chi connectivity index (χ4n) is 2.32. The van der Waals surface area contributed by atoms with E-state index < -0.39 is 0 Å². The summed E-state index contributed by atoms with van der Waals surface area (Å²) in [7, 11) is 0. The summed E-state index contributed by atoms with van der Waals surface area (Å²) in [6.45, 7) is 1.89. The van der Waals surface area contributed by atoms with Crippen molar-refractivity contribution in [3.8, 4) is 0 Å². The molecule has 0 radical (unpaired) electrons. The molecule has 0 amide bonds. The highest BCUT2D eigenvalue weighted by molar-refractivity contribution is 4.80. The number of aliphatic hydroxyl groups excluding tert-OH is 1. The lowest BCUT2D eigenvalue weighted by Gasteiger charge is -2.22. The molecule has 19 heavy (non-hydrogen) atoms. The van der Waals surface area contributed by atoms with Gasteiger partial charge in [-0.15, -0.1) is 0 Å². The van der Waals surface area contributed by atoms with Crippen molar-refractivity contribution in [2.75, 3.05) is 19.8 Å². The van der Waals surface area contributed by atoms with Crippen LogP contribution in [0.4, 0.5) is 0 Å². The van der Waals surface area contributed by atoms with Gasteiger partial charge in [-0.1, -0.05) is 37.8 Å². The maximum Gasteiger partial charge on any atom is 0.157 e. The molecule has 1 aliphatic heterocycles. The third-order valence-corrected chi connectivity index (χ3v) is 3.48. The molecule has 0 aliphatic carbocycles. The summed E-state index contributed by atoms with van der Waals surface area (Å²) in [5.74, 6) is 0. The maximum absolute atomic E-state index is 8.58. The van der Waals surface area contributed by atoms with E-state index in [1.807, 2.05) is 6.08 Å². The Hall–Kier alpha value is -0.380. The first-order valence-corrected chi connectivity index (χ1v) is 7.92. The van der Waals surface area contributed by atoms with Gasteiger partial charge in [0.1, 0.15) is 0 Å². The topological polar surface area (TPSA) is 38.7 Å². The summed E-state index contributed by atoms with van der Waals surface area (Å²) < 4.78 is 11.2. The van der Waals surface area contributed by atoms with E-state index in [1.165, 1.54) is 44.9 Å². The molecule has 1 rings (SSSR count). The van der Waals surface area contributed by atoms with Gasteiger partial charge in [0.2, 0.25) is 0 Å². The summed E-state index contributed by atoms with van der Waals surface area (Å²) in [4.78, 5) is 0. The minimum Gasteiger partial charge on any atom is -0.392 e. The van der Waals surface area contributed by atoms with Crippen LogP contribution in [0, 0.1) is 0 Å². The SMILES string of the molecule is OCC=CCCCCCCCCOC1CCCCO1. The summed E-state index contributed by atoms with van der Waals surface area (Å²) >= 11 is 0. The average Bonchev–Trinajstić information content (AvgIpc) is 2.46. The van der Waals surface area contributed by atoms with Crippen LogP contribution < -0.4 is 0 Å². The standard InChI is InChI=1S/C16H30O3/c17-13-9-6-4-2-1-3-5-7-10-14-18-16-12-8-11-15-19-16/h6,9,16-17H,1-5,7-8,10-15H2. The van der Waals surface area contributed by atoms with E-state index in [0.29, 0.717) is 0 Å². The van der Waals surface area contributed by atoms with E-state index in [0.717, 1.165) is 32.5 Å². The first-order chi connectivity index (χ1) is 9.43. The molecule has 1 heterocycles. The van der Waals surface area contributed by atoms with Crippen molar-refractivity contribution in [1.82, 2.24) is 0 Å². The van der Waals surface area contributed by atoms with Crippen LogP contribution in [0.15, 0.2) is 12.2 Å². The molecular formula is C16H30O3. The van der Waals surface area contributed by atoms with E-state index in [-0.39, 0.29) is 12.9 Å². The molecule has 1 aliphatic rings. The van der Waals surface area contributed by atoms with Crippen molar-refractivity contribution in [3.63, 3.8) is 0 Å². The molecule has 1 N–H and O–H groups in total. The van der Waals surface area contributed by atoms with Crippen molar-refractivity contribution < 1.29 is 14.6 Å². The number of allylic oxidation sites excluding steroid dienone is 1. The molecule has 0 bridgehead atoms. The molecule has 3 heteroatoms. The first-order valence-electron chi connectivity index (χ1n) is 7.92. The zero-order valence-electron chi connectivity index (χ0n) is 12.2.